The average Bonchev–Trinajstić information content (AvgIpc) is 2.22. The molecule has 1 rings (SSSR count). The maximum Gasteiger partial charge on any atom is 0.573 e. The molecule has 1 atom stereocenters. The van der Waals surface area contributed by atoms with Crippen LogP contribution in [0.25, 0.3) is 0 Å². The van der Waals surface area contributed by atoms with E-state index in [4.69, 9.17) is 5.73 Å². The first-order chi connectivity index (χ1) is 9.00. The number of nitrogens with two attached hydrogens (primary N) is 1. The minimum atomic E-state index is -5.02. The summed E-state index contributed by atoms with van der Waals surface area (Å²) in [5.41, 5.74) is 5.64. The maximum absolute atomic E-state index is 12.1. The van der Waals surface area contributed by atoms with Crippen LogP contribution in [0.4, 0.5) is 26.3 Å². The van der Waals surface area contributed by atoms with Gasteiger partial charge in [-0.05, 0) is 24.1 Å². The molecular formula is C11H11F6NO2. The van der Waals surface area contributed by atoms with Crippen molar-refractivity contribution in [3.8, 4) is 11.5 Å². The molecule has 0 heterocycles. The minimum absolute atomic E-state index is 0.0495. The minimum Gasteiger partial charge on any atom is -0.406 e. The maximum atomic E-state index is 12.1. The van der Waals surface area contributed by atoms with E-state index in [0.717, 1.165) is 12.1 Å². The van der Waals surface area contributed by atoms with Crippen molar-refractivity contribution in [1.29, 1.82) is 0 Å². The van der Waals surface area contributed by atoms with E-state index >= 15 is 0 Å². The second kappa shape index (κ2) is 5.78. The van der Waals surface area contributed by atoms with E-state index in [0.29, 0.717) is 12.5 Å². The summed E-state index contributed by atoms with van der Waals surface area (Å²) in [6.07, 6.45) is -9.73. The Bertz CT molecular complexity index is 423. The van der Waals surface area contributed by atoms with Crippen LogP contribution in [-0.4, -0.2) is 12.7 Å². The van der Waals surface area contributed by atoms with Crippen molar-refractivity contribution >= 4 is 0 Å². The summed E-state index contributed by atoms with van der Waals surface area (Å²) in [4.78, 5) is 0. The van der Waals surface area contributed by atoms with Gasteiger partial charge in [-0.2, -0.15) is 0 Å². The molecule has 114 valence electrons. The van der Waals surface area contributed by atoms with Crippen LogP contribution in [-0.2, 0) is 0 Å². The van der Waals surface area contributed by atoms with Crippen molar-refractivity contribution in [2.75, 3.05) is 0 Å². The molecule has 2 N–H and O–H groups in total. The third-order valence-corrected chi connectivity index (χ3v) is 2.24. The lowest BCUT2D eigenvalue weighted by molar-refractivity contribution is -0.276. The summed E-state index contributed by atoms with van der Waals surface area (Å²) in [5.74, 6) is -1.64. The summed E-state index contributed by atoms with van der Waals surface area (Å²) >= 11 is 0. The van der Waals surface area contributed by atoms with Crippen molar-refractivity contribution in [1.82, 2.24) is 0 Å². The van der Waals surface area contributed by atoms with Crippen LogP contribution < -0.4 is 15.2 Å². The highest BCUT2D eigenvalue weighted by molar-refractivity contribution is 5.40. The lowest BCUT2D eigenvalue weighted by Gasteiger charge is -2.16. The largest absolute Gasteiger partial charge is 0.573 e. The van der Waals surface area contributed by atoms with Crippen LogP contribution in [0.3, 0.4) is 0 Å². The fourth-order valence-electron chi connectivity index (χ4n) is 1.43. The molecule has 0 amide bonds. The SMILES string of the molecule is CC[C@@H](N)c1cc(OC(F)(F)F)cc(OC(F)(F)F)c1. The topological polar surface area (TPSA) is 44.5 Å². The molecule has 0 aromatic heterocycles. The lowest BCUT2D eigenvalue weighted by Crippen LogP contribution is -2.20. The predicted octanol–water partition coefficient (Wildman–Crippen LogP) is 3.89. The van der Waals surface area contributed by atoms with Gasteiger partial charge in [0.15, 0.2) is 0 Å². The molecule has 0 radical (unpaired) electrons. The number of alkyl halides is 6. The first kappa shape index (κ1) is 16.4. The van der Waals surface area contributed by atoms with E-state index in [1.807, 2.05) is 0 Å². The van der Waals surface area contributed by atoms with Crippen molar-refractivity contribution in [3.63, 3.8) is 0 Å². The highest BCUT2D eigenvalue weighted by atomic mass is 19.4. The zero-order valence-electron chi connectivity index (χ0n) is 10.2. The highest BCUT2D eigenvalue weighted by Crippen LogP contribution is 2.33. The van der Waals surface area contributed by atoms with E-state index in [2.05, 4.69) is 9.47 Å². The monoisotopic (exact) mass is 303 g/mol. The fourth-order valence-corrected chi connectivity index (χ4v) is 1.43. The predicted molar refractivity (Wildman–Crippen MR) is 57.0 cm³/mol. The van der Waals surface area contributed by atoms with Crippen LogP contribution in [0.5, 0.6) is 11.5 Å². The van der Waals surface area contributed by atoms with E-state index in [-0.39, 0.29) is 5.56 Å². The van der Waals surface area contributed by atoms with Gasteiger partial charge in [0.1, 0.15) is 11.5 Å². The molecule has 9 heteroatoms. The first-order valence-corrected chi connectivity index (χ1v) is 5.42. The average molecular weight is 303 g/mol. The van der Waals surface area contributed by atoms with Crippen molar-refractivity contribution < 1.29 is 35.8 Å². The zero-order valence-corrected chi connectivity index (χ0v) is 10.2. The van der Waals surface area contributed by atoms with Crippen molar-refractivity contribution in [2.45, 2.75) is 32.1 Å². The first-order valence-electron chi connectivity index (χ1n) is 5.42. The van der Waals surface area contributed by atoms with Crippen LogP contribution in [0, 0.1) is 0 Å². The second-order valence-electron chi connectivity index (χ2n) is 3.85. The fraction of sp³-hybridized carbons (Fsp3) is 0.455. The molecule has 0 spiro atoms. The van der Waals surface area contributed by atoms with E-state index in [1.54, 1.807) is 6.92 Å². The van der Waals surface area contributed by atoms with Gasteiger partial charge in [0.2, 0.25) is 0 Å². The molecule has 0 unspecified atom stereocenters. The summed E-state index contributed by atoms with van der Waals surface area (Å²) in [7, 11) is 0. The Labute approximate surface area is 110 Å². The molecule has 0 aliphatic rings. The summed E-state index contributed by atoms with van der Waals surface area (Å²) < 4.78 is 79.8. The Balaban J connectivity index is 3.14. The third-order valence-electron chi connectivity index (χ3n) is 2.24. The van der Waals surface area contributed by atoms with Crippen molar-refractivity contribution in [2.24, 2.45) is 5.73 Å². The molecule has 0 aliphatic carbocycles. The number of hydrogen-bond donors (Lipinski definition) is 1. The standard InChI is InChI=1S/C11H11F6NO2/c1-2-9(18)6-3-7(19-10(12,13)14)5-8(4-6)20-11(15,16)17/h3-5,9H,2,18H2,1H3/t9-/m1/s1. The number of ether oxygens (including phenoxy) is 2. The van der Waals surface area contributed by atoms with E-state index in [9.17, 15) is 26.3 Å². The van der Waals surface area contributed by atoms with Crippen LogP contribution >= 0.6 is 0 Å². The Morgan fingerprint density at radius 1 is 0.950 bits per heavy atom. The van der Waals surface area contributed by atoms with Gasteiger partial charge < -0.3 is 15.2 Å². The Morgan fingerprint density at radius 3 is 1.65 bits per heavy atom. The smallest absolute Gasteiger partial charge is 0.406 e. The van der Waals surface area contributed by atoms with Gasteiger partial charge in [0.25, 0.3) is 0 Å². The summed E-state index contributed by atoms with van der Waals surface area (Å²) in [6, 6.07) is 1.60. The Kier molecular flexibility index (Phi) is 4.74. The zero-order chi connectivity index (χ0) is 15.6. The third kappa shape index (κ3) is 5.55. The van der Waals surface area contributed by atoms with Gasteiger partial charge in [-0.25, -0.2) is 0 Å². The van der Waals surface area contributed by atoms with E-state index < -0.39 is 30.3 Å². The van der Waals surface area contributed by atoms with Crippen LogP contribution in [0.2, 0.25) is 0 Å². The van der Waals surface area contributed by atoms with Gasteiger partial charge in [-0.1, -0.05) is 6.92 Å². The molecule has 0 fully saturated rings. The number of hydrogen-bond acceptors (Lipinski definition) is 3. The van der Waals surface area contributed by atoms with Gasteiger partial charge in [0.05, 0.1) is 0 Å². The van der Waals surface area contributed by atoms with Gasteiger partial charge >= 0.3 is 12.7 Å². The molecule has 0 aliphatic heterocycles. The molecule has 1 aromatic carbocycles. The number of halogens is 6. The molecule has 3 nitrogen and oxygen atoms in total. The lowest BCUT2D eigenvalue weighted by atomic mass is 10.0. The second-order valence-corrected chi connectivity index (χ2v) is 3.85. The Morgan fingerprint density at radius 2 is 1.35 bits per heavy atom. The molecule has 1 aromatic rings. The molecular weight excluding hydrogens is 292 g/mol. The quantitative estimate of drug-likeness (QED) is 0.858. The molecule has 20 heavy (non-hydrogen) atoms. The van der Waals surface area contributed by atoms with Crippen molar-refractivity contribution in [3.05, 3.63) is 23.8 Å². The Hall–Kier alpha value is -1.64. The highest BCUT2D eigenvalue weighted by Gasteiger charge is 2.34. The van der Waals surface area contributed by atoms with Crippen LogP contribution in [0.1, 0.15) is 24.9 Å². The summed E-state index contributed by atoms with van der Waals surface area (Å²) in [6.45, 7) is 1.63. The number of benzene rings is 1. The van der Waals surface area contributed by atoms with E-state index in [1.165, 1.54) is 0 Å². The molecule has 0 saturated heterocycles. The summed E-state index contributed by atoms with van der Waals surface area (Å²) in [5, 5.41) is 0. The van der Waals surface area contributed by atoms with Gasteiger partial charge in [-0.15, -0.1) is 26.3 Å². The van der Waals surface area contributed by atoms with Gasteiger partial charge in [-0.3, -0.25) is 0 Å². The molecule has 0 saturated carbocycles. The van der Waals surface area contributed by atoms with Gasteiger partial charge in [0, 0.05) is 12.1 Å². The molecule has 0 bridgehead atoms. The number of rotatable bonds is 4. The normalized spacial score (nSPS) is 14.0. The van der Waals surface area contributed by atoms with Crippen LogP contribution in [0.15, 0.2) is 18.2 Å².